The predicted octanol–water partition coefficient (Wildman–Crippen LogP) is 2.88. The number of carbonyl (C=O) groups excluding carboxylic acids is 1. The number of rotatable bonds is 6. The maximum atomic E-state index is 11.6. The third-order valence-electron chi connectivity index (χ3n) is 3.48. The Kier molecular flexibility index (Phi) is 4.97. The Morgan fingerprint density at radius 2 is 2.19 bits per heavy atom. The van der Waals surface area contributed by atoms with Gasteiger partial charge in [0.15, 0.2) is 0 Å². The molecule has 2 unspecified atom stereocenters. The van der Waals surface area contributed by atoms with E-state index in [1.165, 1.54) is 0 Å². The summed E-state index contributed by atoms with van der Waals surface area (Å²) in [5, 5.41) is 8.78. The molecule has 0 aromatic heterocycles. The fourth-order valence-corrected chi connectivity index (χ4v) is 2.59. The summed E-state index contributed by atoms with van der Waals surface area (Å²) in [6.45, 7) is 4.34. The topological polar surface area (TPSA) is 54.4 Å². The Morgan fingerprint density at radius 1 is 1.50 bits per heavy atom. The highest BCUT2D eigenvalue weighted by Gasteiger charge is 2.35. The van der Waals surface area contributed by atoms with Crippen LogP contribution in [-0.2, 0) is 9.59 Å². The number of ketones is 1. The molecule has 0 spiro atoms. The van der Waals surface area contributed by atoms with E-state index in [2.05, 4.69) is 13.8 Å². The molecule has 16 heavy (non-hydrogen) atoms. The number of carboxylic acids is 1. The van der Waals surface area contributed by atoms with E-state index < -0.39 is 5.97 Å². The van der Waals surface area contributed by atoms with Crippen LogP contribution in [0, 0.1) is 17.8 Å². The molecule has 1 N–H and O–H groups in total. The summed E-state index contributed by atoms with van der Waals surface area (Å²) in [5.74, 6) is 0.296. The van der Waals surface area contributed by atoms with Crippen molar-refractivity contribution in [2.24, 2.45) is 17.8 Å². The molecule has 0 amide bonds. The molecule has 1 aliphatic carbocycles. The van der Waals surface area contributed by atoms with E-state index in [-0.39, 0.29) is 24.0 Å². The van der Waals surface area contributed by atoms with Crippen LogP contribution in [0.4, 0.5) is 0 Å². The van der Waals surface area contributed by atoms with Gasteiger partial charge in [-0.05, 0) is 24.7 Å². The summed E-state index contributed by atoms with van der Waals surface area (Å²) < 4.78 is 0. The molecule has 2 atom stereocenters. The quantitative estimate of drug-likeness (QED) is 0.757. The molecule has 1 saturated carbocycles. The lowest BCUT2D eigenvalue weighted by Gasteiger charge is -2.16. The van der Waals surface area contributed by atoms with Crippen molar-refractivity contribution in [2.75, 3.05) is 0 Å². The van der Waals surface area contributed by atoms with Crippen LogP contribution in [-0.4, -0.2) is 16.9 Å². The van der Waals surface area contributed by atoms with Gasteiger partial charge < -0.3 is 5.11 Å². The molecule has 0 aliphatic heterocycles. The van der Waals surface area contributed by atoms with Crippen molar-refractivity contribution in [2.45, 2.75) is 52.4 Å². The molecule has 1 fully saturated rings. The first-order valence-electron chi connectivity index (χ1n) is 6.25. The van der Waals surface area contributed by atoms with E-state index in [4.69, 9.17) is 5.11 Å². The van der Waals surface area contributed by atoms with E-state index in [0.29, 0.717) is 12.3 Å². The van der Waals surface area contributed by atoms with Crippen LogP contribution >= 0.6 is 0 Å². The van der Waals surface area contributed by atoms with Gasteiger partial charge in [-0.1, -0.05) is 26.7 Å². The van der Waals surface area contributed by atoms with Crippen LogP contribution in [0.25, 0.3) is 0 Å². The highest BCUT2D eigenvalue weighted by molar-refractivity contribution is 5.84. The van der Waals surface area contributed by atoms with Gasteiger partial charge >= 0.3 is 5.97 Å². The molecular formula is C13H22O3. The number of hydrogen-bond acceptors (Lipinski definition) is 2. The van der Waals surface area contributed by atoms with Crippen molar-refractivity contribution in [3.63, 3.8) is 0 Å². The average Bonchev–Trinajstić information content (AvgIpc) is 2.48. The summed E-state index contributed by atoms with van der Waals surface area (Å²) in [6, 6.07) is 0. The number of carboxylic acid groups (broad SMARTS) is 1. The Balaban J connectivity index is 2.40. The van der Waals surface area contributed by atoms with E-state index in [0.717, 1.165) is 25.7 Å². The molecule has 0 aromatic carbocycles. The van der Waals surface area contributed by atoms with Crippen molar-refractivity contribution >= 4 is 11.8 Å². The molecule has 0 saturated heterocycles. The van der Waals surface area contributed by atoms with Crippen molar-refractivity contribution in [3.05, 3.63) is 0 Å². The first-order chi connectivity index (χ1) is 7.50. The second-order valence-electron chi connectivity index (χ2n) is 5.29. The molecule has 3 nitrogen and oxygen atoms in total. The second kappa shape index (κ2) is 6.02. The standard InChI is InChI=1S/C13H22O3/c1-9(2)4-3-5-11-10(8-13(15)16)6-7-12(11)14/h9-11H,3-8H2,1-2H3,(H,15,16). The van der Waals surface area contributed by atoms with Crippen LogP contribution in [0.1, 0.15) is 52.4 Å². The van der Waals surface area contributed by atoms with Gasteiger partial charge in [-0.15, -0.1) is 0 Å². The molecule has 92 valence electrons. The summed E-state index contributed by atoms with van der Waals surface area (Å²) in [7, 11) is 0. The Bertz CT molecular complexity index is 258. The zero-order valence-electron chi connectivity index (χ0n) is 10.2. The lowest BCUT2D eigenvalue weighted by Crippen LogP contribution is -2.18. The van der Waals surface area contributed by atoms with E-state index in [1.807, 2.05) is 0 Å². The first-order valence-corrected chi connectivity index (χ1v) is 6.25. The first kappa shape index (κ1) is 13.2. The monoisotopic (exact) mass is 226 g/mol. The van der Waals surface area contributed by atoms with Gasteiger partial charge in [0.1, 0.15) is 5.78 Å². The minimum atomic E-state index is -0.770. The van der Waals surface area contributed by atoms with E-state index in [9.17, 15) is 9.59 Å². The Labute approximate surface area is 97.2 Å². The molecule has 3 heteroatoms. The average molecular weight is 226 g/mol. The van der Waals surface area contributed by atoms with Crippen LogP contribution in [0.3, 0.4) is 0 Å². The van der Waals surface area contributed by atoms with Crippen LogP contribution < -0.4 is 0 Å². The summed E-state index contributed by atoms with van der Waals surface area (Å²) in [4.78, 5) is 22.3. The summed E-state index contributed by atoms with van der Waals surface area (Å²) in [5.41, 5.74) is 0. The van der Waals surface area contributed by atoms with Crippen LogP contribution in [0.2, 0.25) is 0 Å². The third kappa shape index (κ3) is 3.95. The van der Waals surface area contributed by atoms with Gasteiger partial charge in [-0.2, -0.15) is 0 Å². The number of aliphatic carboxylic acids is 1. The molecule has 0 radical (unpaired) electrons. The number of hydrogen-bond donors (Lipinski definition) is 1. The largest absolute Gasteiger partial charge is 0.481 e. The summed E-state index contributed by atoms with van der Waals surface area (Å²) in [6.07, 6.45) is 4.59. The smallest absolute Gasteiger partial charge is 0.303 e. The van der Waals surface area contributed by atoms with Gasteiger partial charge in [0.05, 0.1) is 0 Å². The van der Waals surface area contributed by atoms with Crippen molar-refractivity contribution in [1.29, 1.82) is 0 Å². The minimum absolute atomic E-state index is 0.0230. The van der Waals surface area contributed by atoms with E-state index in [1.54, 1.807) is 0 Å². The van der Waals surface area contributed by atoms with Gasteiger partial charge in [0.25, 0.3) is 0 Å². The number of Topliss-reactive ketones (excluding diaryl/α,β-unsaturated/α-hetero) is 1. The minimum Gasteiger partial charge on any atom is -0.481 e. The van der Waals surface area contributed by atoms with E-state index >= 15 is 0 Å². The molecule has 0 aromatic rings. The Hall–Kier alpha value is -0.860. The molecular weight excluding hydrogens is 204 g/mol. The fourth-order valence-electron chi connectivity index (χ4n) is 2.59. The van der Waals surface area contributed by atoms with Crippen molar-refractivity contribution in [1.82, 2.24) is 0 Å². The number of carbonyl (C=O) groups is 2. The Morgan fingerprint density at radius 3 is 2.75 bits per heavy atom. The lowest BCUT2D eigenvalue weighted by molar-refractivity contribution is -0.138. The normalized spacial score (nSPS) is 25.3. The lowest BCUT2D eigenvalue weighted by atomic mass is 9.87. The molecule has 0 heterocycles. The fraction of sp³-hybridized carbons (Fsp3) is 0.846. The highest BCUT2D eigenvalue weighted by Crippen LogP contribution is 2.35. The predicted molar refractivity (Wildman–Crippen MR) is 62.2 cm³/mol. The second-order valence-corrected chi connectivity index (χ2v) is 5.29. The maximum Gasteiger partial charge on any atom is 0.303 e. The molecule has 0 bridgehead atoms. The zero-order valence-corrected chi connectivity index (χ0v) is 10.2. The summed E-state index contributed by atoms with van der Waals surface area (Å²) >= 11 is 0. The van der Waals surface area contributed by atoms with Gasteiger partial charge in [-0.3, -0.25) is 9.59 Å². The van der Waals surface area contributed by atoms with Crippen molar-refractivity contribution < 1.29 is 14.7 Å². The zero-order chi connectivity index (χ0) is 12.1. The molecule has 1 rings (SSSR count). The highest BCUT2D eigenvalue weighted by atomic mass is 16.4. The van der Waals surface area contributed by atoms with Crippen LogP contribution in [0.15, 0.2) is 0 Å². The molecule has 1 aliphatic rings. The SMILES string of the molecule is CC(C)CCCC1C(=O)CCC1CC(=O)O. The van der Waals surface area contributed by atoms with Gasteiger partial charge in [0.2, 0.25) is 0 Å². The van der Waals surface area contributed by atoms with Crippen LogP contribution in [0.5, 0.6) is 0 Å². The van der Waals surface area contributed by atoms with Gasteiger partial charge in [-0.25, -0.2) is 0 Å². The van der Waals surface area contributed by atoms with Gasteiger partial charge in [0, 0.05) is 18.8 Å². The maximum absolute atomic E-state index is 11.6. The van der Waals surface area contributed by atoms with Crippen molar-refractivity contribution in [3.8, 4) is 0 Å². The third-order valence-corrected chi connectivity index (χ3v) is 3.48.